The number of benzene rings is 1. The summed E-state index contributed by atoms with van der Waals surface area (Å²) in [4.78, 5) is 34.7. The molecule has 0 aliphatic carbocycles. The summed E-state index contributed by atoms with van der Waals surface area (Å²) in [6.07, 6.45) is 0.318. The van der Waals surface area contributed by atoms with E-state index in [0.717, 1.165) is 5.56 Å². The molecule has 1 aromatic rings. The van der Waals surface area contributed by atoms with Gasteiger partial charge in [-0.2, -0.15) is 0 Å². The maximum Gasteiger partial charge on any atom is 0.407 e. The van der Waals surface area contributed by atoms with Gasteiger partial charge in [0.25, 0.3) is 0 Å². The number of carbonyl (C=O) groups is 3. The van der Waals surface area contributed by atoms with Gasteiger partial charge in [-0.1, -0.05) is 30.3 Å². The zero-order chi connectivity index (χ0) is 23.0. The molecule has 0 aliphatic rings. The van der Waals surface area contributed by atoms with E-state index in [-0.39, 0.29) is 38.2 Å². The Kier molecular flexibility index (Phi) is 12.9. The average molecular weight is 439 g/mol. The molecule has 0 aromatic heterocycles. The minimum atomic E-state index is -0.541. The number of ether oxygens (including phenoxy) is 4. The summed E-state index contributed by atoms with van der Waals surface area (Å²) in [6.45, 7) is 7.09. The van der Waals surface area contributed by atoms with E-state index in [1.807, 2.05) is 51.1 Å². The second-order valence-corrected chi connectivity index (χ2v) is 7.69. The van der Waals surface area contributed by atoms with Crippen molar-refractivity contribution in [2.45, 2.75) is 45.8 Å². The molecule has 0 unspecified atom stereocenters. The molecular weight excluding hydrogens is 404 g/mol. The summed E-state index contributed by atoms with van der Waals surface area (Å²) < 4.78 is 20.8. The molecule has 0 aliphatic heterocycles. The molecule has 2 amide bonds. The molecule has 0 fully saturated rings. The quantitative estimate of drug-likeness (QED) is 0.338. The van der Waals surface area contributed by atoms with Crippen LogP contribution in [-0.2, 0) is 35.1 Å². The van der Waals surface area contributed by atoms with E-state index in [4.69, 9.17) is 18.9 Å². The lowest BCUT2D eigenvalue weighted by Gasteiger charge is -2.19. The lowest BCUT2D eigenvalue weighted by atomic mass is 10.2. The molecule has 0 radical (unpaired) electrons. The van der Waals surface area contributed by atoms with Crippen LogP contribution in [0, 0.1) is 0 Å². The van der Waals surface area contributed by atoms with E-state index in [1.54, 1.807) is 0 Å². The maximum absolute atomic E-state index is 11.6. The molecule has 0 spiro atoms. The number of alkyl carbamates (subject to hydrolysis) is 1. The second-order valence-electron chi connectivity index (χ2n) is 7.69. The van der Waals surface area contributed by atoms with Crippen LogP contribution in [0.5, 0.6) is 0 Å². The summed E-state index contributed by atoms with van der Waals surface area (Å²) in [5, 5.41) is 5.21. The largest absolute Gasteiger partial charge is 0.460 e. The molecular formula is C22H34N2O7. The van der Waals surface area contributed by atoms with Gasteiger partial charge in [-0.15, -0.1) is 0 Å². The van der Waals surface area contributed by atoms with Crippen LogP contribution in [0.2, 0.25) is 0 Å². The third-order valence-corrected chi connectivity index (χ3v) is 3.62. The van der Waals surface area contributed by atoms with Gasteiger partial charge in [-0.05, 0) is 32.8 Å². The van der Waals surface area contributed by atoms with Crippen molar-refractivity contribution in [3.8, 4) is 0 Å². The van der Waals surface area contributed by atoms with Crippen LogP contribution in [0.3, 0.4) is 0 Å². The first kappa shape index (κ1) is 26.4. The topological polar surface area (TPSA) is 112 Å². The molecule has 2 N–H and O–H groups in total. The number of hydrogen-bond donors (Lipinski definition) is 2. The van der Waals surface area contributed by atoms with Gasteiger partial charge in [-0.25, -0.2) is 4.79 Å². The van der Waals surface area contributed by atoms with E-state index in [1.165, 1.54) is 0 Å². The first-order valence-electron chi connectivity index (χ1n) is 10.3. The van der Waals surface area contributed by atoms with Gasteiger partial charge in [0.05, 0.1) is 13.2 Å². The number of carbonyl (C=O) groups excluding carboxylic acids is 3. The third kappa shape index (κ3) is 15.8. The molecule has 1 aromatic carbocycles. The fourth-order valence-electron chi connectivity index (χ4n) is 2.29. The monoisotopic (exact) mass is 438 g/mol. The SMILES string of the molecule is CC(C)(C)OC(=O)CCCOCCNC(=O)COCCNC(=O)OCc1ccccc1. The smallest absolute Gasteiger partial charge is 0.407 e. The summed E-state index contributed by atoms with van der Waals surface area (Å²) >= 11 is 0. The van der Waals surface area contributed by atoms with Crippen LogP contribution >= 0.6 is 0 Å². The number of hydrogen-bond acceptors (Lipinski definition) is 7. The lowest BCUT2D eigenvalue weighted by Crippen LogP contribution is -2.32. The maximum atomic E-state index is 11.6. The van der Waals surface area contributed by atoms with Crippen molar-refractivity contribution >= 4 is 18.0 Å². The van der Waals surface area contributed by atoms with E-state index in [0.29, 0.717) is 32.6 Å². The van der Waals surface area contributed by atoms with Crippen molar-refractivity contribution in [3.05, 3.63) is 35.9 Å². The highest BCUT2D eigenvalue weighted by molar-refractivity contribution is 5.77. The molecule has 9 nitrogen and oxygen atoms in total. The number of rotatable bonds is 14. The van der Waals surface area contributed by atoms with Gasteiger partial charge in [0.1, 0.15) is 18.8 Å². The summed E-state index contributed by atoms with van der Waals surface area (Å²) in [5.74, 6) is -0.524. The first-order chi connectivity index (χ1) is 14.8. The fourth-order valence-corrected chi connectivity index (χ4v) is 2.29. The van der Waals surface area contributed by atoms with Crippen LogP contribution in [0.4, 0.5) is 4.79 Å². The Morgan fingerprint density at radius 2 is 1.58 bits per heavy atom. The molecule has 0 saturated carbocycles. The normalized spacial score (nSPS) is 10.9. The van der Waals surface area contributed by atoms with Crippen molar-refractivity contribution in [2.75, 3.05) is 39.5 Å². The Hall–Kier alpha value is -2.65. The van der Waals surface area contributed by atoms with Crippen molar-refractivity contribution in [2.24, 2.45) is 0 Å². The number of amides is 2. The first-order valence-corrected chi connectivity index (χ1v) is 10.3. The van der Waals surface area contributed by atoms with Crippen LogP contribution in [0.15, 0.2) is 30.3 Å². The molecule has 9 heteroatoms. The van der Waals surface area contributed by atoms with Crippen molar-refractivity contribution < 1.29 is 33.3 Å². The highest BCUT2D eigenvalue weighted by atomic mass is 16.6. The van der Waals surface area contributed by atoms with E-state index >= 15 is 0 Å². The van der Waals surface area contributed by atoms with Crippen molar-refractivity contribution in [3.63, 3.8) is 0 Å². The predicted octanol–water partition coefficient (Wildman–Crippen LogP) is 2.18. The Morgan fingerprint density at radius 3 is 2.29 bits per heavy atom. The molecule has 0 atom stereocenters. The average Bonchev–Trinajstić information content (AvgIpc) is 2.70. The standard InChI is InChI=1S/C22H34N2O7/c1-22(2,3)31-20(26)10-7-13-28-14-11-23-19(25)17-29-15-12-24-21(27)30-16-18-8-5-4-6-9-18/h4-6,8-9H,7,10-17H2,1-3H3,(H,23,25)(H,24,27). The predicted molar refractivity (Wildman–Crippen MR) is 114 cm³/mol. The van der Waals surface area contributed by atoms with Gasteiger partial charge >= 0.3 is 12.1 Å². The molecule has 1 rings (SSSR count). The minimum Gasteiger partial charge on any atom is -0.460 e. The Bertz CT molecular complexity index is 660. The van der Waals surface area contributed by atoms with E-state index in [2.05, 4.69) is 10.6 Å². The summed E-state index contributed by atoms with van der Waals surface area (Å²) in [6, 6.07) is 9.36. The molecule has 0 heterocycles. The molecule has 31 heavy (non-hydrogen) atoms. The molecule has 174 valence electrons. The summed E-state index contributed by atoms with van der Waals surface area (Å²) in [7, 11) is 0. The second kappa shape index (κ2) is 15.2. The Labute approximate surface area is 183 Å². The summed E-state index contributed by atoms with van der Waals surface area (Å²) in [5.41, 5.74) is 0.420. The zero-order valence-electron chi connectivity index (χ0n) is 18.6. The van der Waals surface area contributed by atoms with Gasteiger partial charge in [0.2, 0.25) is 5.91 Å². The number of nitrogens with one attached hydrogen (secondary N) is 2. The lowest BCUT2D eigenvalue weighted by molar-refractivity contribution is -0.155. The van der Waals surface area contributed by atoms with Crippen LogP contribution in [-0.4, -0.2) is 63.1 Å². The fraction of sp³-hybridized carbons (Fsp3) is 0.591. The van der Waals surface area contributed by atoms with Gasteiger partial charge in [0.15, 0.2) is 0 Å². The molecule has 0 saturated heterocycles. The highest BCUT2D eigenvalue weighted by Crippen LogP contribution is 2.09. The Morgan fingerprint density at radius 1 is 0.903 bits per heavy atom. The van der Waals surface area contributed by atoms with Gasteiger partial charge < -0.3 is 29.6 Å². The van der Waals surface area contributed by atoms with Crippen LogP contribution in [0.25, 0.3) is 0 Å². The van der Waals surface area contributed by atoms with Gasteiger partial charge in [0, 0.05) is 26.1 Å². The van der Waals surface area contributed by atoms with E-state index in [9.17, 15) is 14.4 Å². The van der Waals surface area contributed by atoms with E-state index < -0.39 is 11.7 Å². The highest BCUT2D eigenvalue weighted by Gasteiger charge is 2.15. The van der Waals surface area contributed by atoms with Crippen molar-refractivity contribution in [1.82, 2.24) is 10.6 Å². The minimum absolute atomic E-state index is 0.112. The number of esters is 1. The molecule has 0 bridgehead atoms. The third-order valence-electron chi connectivity index (χ3n) is 3.62. The van der Waals surface area contributed by atoms with Crippen LogP contribution < -0.4 is 10.6 Å². The van der Waals surface area contributed by atoms with Crippen LogP contribution in [0.1, 0.15) is 39.2 Å². The van der Waals surface area contributed by atoms with Crippen molar-refractivity contribution in [1.29, 1.82) is 0 Å². The zero-order valence-corrected chi connectivity index (χ0v) is 18.6. The Balaban J connectivity index is 1.90. The van der Waals surface area contributed by atoms with Gasteiger partial charge in [-0.3, -0.25) is 9.59 Å².